The lowest BCUT2D eigenvalue weighted by molar-refractivity contribution is -0.138. The van der Waals surface area contributed by atoms with Crippen LogP contribution in [0.5, 0.6) is 0 Å². The van der Waals surface area contributed by atoms with Crippen LogP contribution in [0, 0.1) is 5.41 Å². The Morgan fingerprint density at radius 3 is 2.50 bits per heavy atom. The summed E-state index contributed by atoms with van der Waals surface area (Å²) in [6.45, 7) is 2.53. The van der Waals surface area contributed by atoms with Gasteiger partial charge in [-0.25, -0.2) is 4.79 Å². The van der Waals surface area contributed by atoms with Gasteiger partial charge in [-0.05, 0) is 53.5 Å². The number of likely N-dealkylation sites (tertiary alicyclic amines) is 1. The van der Waals surface area contributed by atoms with Gasteiger partial charge in [0.05, 0.1) is 13.2 Å². The zero-order valence-corrected chi connectivity index (χ0v) is 20.6. The van der Waals surface area contributed by atoms with Crippen LogP contribution in [0.15, 0.2) is 60.3 Å². The van der Waals surface area contributed by atoms with Crippen LogP contribution in [0.3, 0.4) is 0 Å². The van der Waals surface area contributed by atoms with Crippen molar-refractivity contribution < 1.29 is 14.3 Å². The fourth-order valence-electron chi connectivity index (χ4n) is 5.59. The van der Waals surface area contributed by atoms with E-state index in [4.69, 9.17) is 4.74 Å². The molecule has 3 aromatic rings. The Hall–Kier alpha value is -3.81. The first-order valence-corrected chi connectivity index (χ1v) is 12.7. The summed E-state index contributed by atoms with van der Waals surface area (Å²) in [5.41, 5.74) is 4.67. The van der Waals surface area contributed by atoms with E-state index in [2.05, 4.69) is 20.6 Å². The number of tetrazole rings is 1. The number of hydrogen-bond acceptors (Lipinski definition) is 6. The third-order valence-corrected chi connectivity index (χ3v) is 7.33. The summed E-state index contributed by atoms with van der Waals surface area (Å²) in [7, 11) is 0. The molecule has 2 fully saturated rings. The number of aromatic amines is 1. The molecule has 5 rings (SSSR count). The lowest BCUT2D eigenvalue weighted by Gasteiger charge is -2.45. The number of nitrogens with one attached hydrogen (secondary N) is 1. The van der Waals surface area contributed by atoms with Crippen molar-refractivity contribution in [3.05, 3.63) is 65.9 Å². The molecular formula is C28H31N5O3. The maximum Gasteiger partial charge on any atom is 0.332 e. The largest absolute Gasteiger partial charge is 0.463 e. The van der Waals surface area contributed by atoms with E-state index >= 15 is 0 Å². The molecule has 36 heavy (non-hydrogen) atoms. The van der Waals surface area contributed by atoms with E-state index in [9.17, 15) is 9.59 Å². The minimum atomic E-state index is -0.383. The average Bonchev–Trinajstić information content (AvgIpc) is 3.42. The Labute approximate surface area is 210 Å². The Morgan fingerprint density at radius 1 is 1.06 bits per heavy atom. The number of hydrogen-bond donors (Lipinski definition) is 1. The molecule has 0 atom stereocenters. The van der Waals surface area contributed by atoms with Crippen molar-refractivity contribution in [3.8, 4) is 22.5 Å². The maximum atomic E-state index is 13.4. The number of rotatable bonds is 6. The van der Waals surface area contributed by atoms with Gasteiger partial charge in [0.1, 0.15) is 0 Å². The Kier molecular flexibility index (Phi) is 6.93. The van der Waals surface area contributed by atoms with E-state index < -0.39 is 0 Å². The van der Waals surface area contributed by atoms with E-state index in [1.165, 1.54) is 12.5 Å². The van der Waals surface area contributed by atoms with Crippen LogP contribution in [-0.2, 0) is 20.9 Å². The predicted octanol–water partition coefficient (Wildman–Crippen LogP) is 5.05. The summed E-state index contributed by atoms with van der Waals surface area (Å²) in [4.78, 5) is 27.5. The van der Waals surface area contributed by atoms with Gasteiger partial charge in [0.2, 0.25) is 11.7 Å². The number of aromatic nitrogens is 4. The highest BCUT2D eigenvalue weighted by Crippen LogP contribution is 2.48. The smallest absolute Gasteiger partial charge is 0.332 e. The molecule has 0 bridgehead atoms. The first-order chi connectivity index (χ1) is 17.6. The number of nitrogens with zero attached hydrogens (tertiary/aromatic N) is 4. The van der Waals surface area contributed by atoms with Gasteiger partial charge in [0.25, 0.3) is 0 Å². The standard InChI is InChI=1S/C28H31N5O3/c1-2-36-26(35)16-22-17-28(14-6-3-7-15-28)18-25(34)33(22)19-20-10-12-21(13-11-20)23-8-4-5-9-24(23)27-29-31-32-30-27/h4-5,8-13,16H,2-3,6-7,14-15,17-19H2,1H3,(H,29,30,31,32)/b22-16+. The van der Waals surface area contributed by atoms with Gasteiger partial charge in [-0.3, -0.25) is 4.79 Å². The van der Waals surface area contributed by atoms with E-state index in [-0.39, 0.29) is 17.3 Å². The van der Waals surface area contributed by atoms with Crippen LogP contribution in [0.25, 0.3) is 22.5 Å². The zero-order chi connectivity index (χ0) is 25.0. The highest BCUT2D eigenvalue weighted by atomic mass is 16.5. The topological polar surface area (TPSA) is 101 Å². The van der Waals surface area contributed by atoms with E-state index in [0.717, 1.165) is 60.1 Å². The molecule has 0 unspecified atom stereocenters. The SMILES string of the molecule is CCOC(=O)/C=C1\CC2(CCCCC2)CC(=O)N1Cc1ccc(-c2ccccc2-c2nn[nH]n2)cc1. The van der Waals surface area contributed by atoms with Gasteiger partial charge in [-0.2, -0.15) is 5.21 Å². The molecule has 8 nitrogen and oxygen atoms in total. The van der Waals surface area contributed by atoms with E-state index in [1.54, 1.807) is 11.8 Å². The minimum absolute atomic E-state index is 0.0209. The molecule has 2 aliphatic rings. The van der Waals surface area contributed by atoms with E-state index in [0.29, 0.717) is 25.4 Å². The summed E-state index contributed by atoms with van der Waals surface area (Å²) in [5.74, 6) is 0.246. The lowest BCUT2D eigenvalue weighted by Crippen LogP contribution is -2.43. The number of carbonyl (C=O) groups excluding carboxylic acids is 2. The van der Waals surface area contributed by atoms with Gasteiger partial charge < -0.3 is 9.64 Å². The third kappa shape index (κ3) is 5.08. The zero-order valence-electron chi connectivity index (χ0n) is 20.6. The van der Waals surface area contributed by atoms with Crippen molar-refractivity contribution in [1.29, 1.82) is 0 Å². The highest BCUT2D eigenvalue weighted by Gasteiger charge is 2.42. The minimum Gasteiger partial charge on any atom is -0.463 e. The average molecular weight is 486 g/mol. The lowest BCUT2D eigenvalue weighted by atomic mass is 9.67. The highest BCUT2D eigenvalue weighted by molar-refractivity contribution is 5.86. The van der Waals surface area contributed by atoms with Crippen molar-refractivity contribution >= 4 is 11.9 Å². The molecule has 1 spiro atoms. The number of H-pyrrole nitrogens is 1. The van der Waals surface area contributed by atoms with Gasteiger partial charge in [0.15, 0.2) is 0 Å². The fraction of sp³-hybridized carbons (Fsp3) is 0.393. The monoisotopic (exact) mass is 485 g/mol. The number of carbonyl (C=O) groups is 2. The number of allylic oxidation sites excluding steroid dienone is 1. The Morgan fingerprint density at radius 2 is 1.81 bits per heavy atom. The fourth-order valence-corrected chi connectivity index (χ4v) is 5.59. The molecule has 2 aromatic carbocycles. The normalized spacial score (nSPS) is 18.5. The van der Waals surface area contributed by atoms with Gasteiger partial charge >= 0.3 is 5.97 Å². The number of piperidine rings is 1. The van der Waals surface area contributed by atoms with Crippen molar-refractivity contribution in [2.45, 2.75) is 58.4 Å². The van der Waals surface area contributed by atoms with Gasteiger partial charge in [-0.15, -0.1) is 10.2 Å². The van der Waals surface area contributed by atoms with Crippen molar-refractivity contribution in [2.75, 3.05) is 6.61 Å². The van der Waals surface area contributed by atoms with Crippen LogP contribution in [0.2, 0.25) is 0 Å². The molecule has 8 heteroatoms. The molecule has 0 radical (unpaired) electrons. The van der Waals surface area contributed by atoms with Gasteiger partial charge in [0, 0.05) is 23.8 Å². The second-order valence-corrected chi connectivity index (χ2v) is 9.76. The molecule has 1 amide bonds. The van der Waals surface area contributed by atoms with Crippen molar-refractivity contribution in [2.24, 2.45) is 5.41 Å². The van der Waals surface area contributed by atoms with Gasteiger partial charge in [-0.1, -0.05) is 67.8 Å². The predicted molar refractivity (Wildman–Crippen MR) is 135 cm³/mol. The maximum absolute atomic E-state index is 13.4. The number of benzene rings is 2. The molecule has 1 saturated heterocycles. The molecule has 1 saturated carbocycles. The molecular weight excluding hydrogens is 454 g/mol. The van der Waals surface area contributed by atoms with Crippen LogP contribution in [0.4, 0.5) is 0 Å². The first kappa shape index (κ1) is 23.9. The number of ether oxygens (including phenoxy) is 1. The summed E-state index contributed by atoms with van der Waals surface area (Å²) in [6.07, 6.45) is 8.42. The quantitative estimate of drug-likeness (QED) is 0.387. The number of esters is 1. The molecule has 1 aliphatic carbocycles. The van der Waals surface area contributed by atoms with Crippen LogP contribution in [0.1, 0.15) is 57.4 Å². The Bertz CT molecular complexity index is 1240. The summed E-state index contributed by atoms with van der Waals surface area (Å²) < 4.78 is 5.19. The molecule has 1 aliphatic heterocycles. The van der Waals surface area contributed by atoms with Crippen LogP contribution < -0.4 is 0 Å². The third-order valence-electron chi connectivity index (χ3n) is 7.33. The van der Waals surface area contributed by atoms with Crippen molar-refractivity contribution in [3.63, 3.8) is 0 Å². The molecule has 186 valence electrons. The van der Waals surface area contributed by atoms with Crippen molar-refractivity contribution in [1.82, 2.24) is 25.5 Å². The molecule has 1 N–H and O–H groups in total. The van der Waals surface area contributed by atoms with Crippen LogP contribution in [-0.4, -0.2) is 44.0 Å². The summed E-state index contributed by atoms with van der Waals surface area (Å²) >= 11 is 0. The Balaban J connectivity index is 1.39. The van der Waals surface area contributed by atoms with Crippen LogP contribution >= 0.6 is 0 Å². The summed E-state index contributed by atoms with van der Waals surface area (Å²) in [5, 5.41) is 14.4. The summed E-state index contributed by atoms with van der Waals surface area (Å²) in [6, 6.07) is 16.1. The second kappa shape index (κ2) is 10.4. The first-order valence-electron chi connectivity index (χ1n) is 12.7. The number of amides is 1. The molecule has 2 heterocycles. The molecule has 1 aromatic heterocycles. The van der Waals surface area contributed by atoms with E-state index in [1.807, 2.05) is 48.5 Å². The second-order valence-electron chi connectivity index (χ2n) is 9.76.